The van der Waals surface area contributed by atoms with Gasteiger partial charge in [-0.15, -0.1) is 5.10 Å². The maximum absolute atomic E-state index is 14.4. The third-order valence-corrected chi connectivity index (χ3v) is 4.19. The second kappa shape index (κ2) is 7.19. The summed E-state index contributed by atoms with van der Waals surface area (Å²) >= 11 is 0. The lowest BCUT2D eigenvalue weighted by molar-refractivity contribution is 0.575. The number of pyridine rings is 1. The number of rotatable bonds is 3. The zero-order valence-electron chi connectivity index (χ0n) is 14.2. The van der Waals surface area contributed by atoms with Crippen molar-refractivity contribution < 1.29 is 17.6 Å². The summed E-state index contributed by atoms with van der Waals surface area (Å²) in [5.74, 6) is -2.91. The minimum absolute atomic E-state index is 0.0471. The number of halogens is 4. The smallest absolute Gasteiger partial charge is 0.154 e. The average Bonchev–Trinajstić information content (AvgIpc) is 2.69. The van der Waals surface area contributed by atoms with Gasteiger partial charge in [-0.25, -0.2) is 22.5 Å². The zero-order chi connectivity index (χ0) is 19.7. The van der Waals surface area contributed by atoms with Crippen LogP contribution in [-0.2, 0) is 0 Å². The molecule has 0 amide bonds. The molecule has 7 heteroatoms. The maximum Gasteiger partial charge on any atom is 0.154 e. The first-order valence-corrected chi connectivity index (χ1v) is 8.22. The van der Waals surface area contributed by atoms with Gasteiger partial charge in [-0.3, -0.25) is 0 Å². The highest BCUT2D eigenvalue weighted by molar-refractivity contribution is 5.82. The fraction of sp³-hybridized carbons (Fsp3) is 0. The molecule has 0 aliphatic carbocycles. The summed E-state index contributed by atoms with van der Waals surface area (Å²) in [6.45, 7) is 0. The van der Waals surface area contributed by atoms with Gasteiger partial charge in [-0.2, -0.15) is 5.10 Å². The van der Waals surface area contributed by atoms with Crippen LogP contribution >= 0.6 is 0 Å². The van der Waals surface area contributed by atoms with Crippen molar-refractivity contribution in [3.05, 3.63) is 90.3 Å². The normalized spacial score (nSPS) is 10.9. The van der Waals surface area contributed by atoms with Gasteiger partial charge in [0.2, 0.25) is 0 Å². The molecule has 0 radical (unpaired) electrons. The summed E-state index contributed by atoms with van der Waals surface area (Å²) in [6, 6.07) is 12.1. The van der Waals surface area contributed by atoms with E-state index in [4.69, 9.17) is 0 Å². The second-order valence-corrected chi connectivity index (χ2v) is 5.95. The van der Waals surface area contributed by atoms with Crippen LogP contribution in [0.4, 0.5) is 17.6 Å². The number of aromatic nitrogens is 3. The maximum atomic E-state index is 14.4. The molecule has 0 saturated carbocycles. The Balaban J connectivity index is 1.90. The summed E-state index contributed by atoms with van der Waals surface area (Å²) in [5.41, 5.74) is 0.857. The van der Waals surface area contributed by atoms with E-state index in [-0.39, 0.29) is 22.5 Å². The minimum atomic E-state index is -0.904. The summed E-state index contributed by atoms with van der Waals surface area (Å²) in [7, 11) is 0. The Labute approximate surface area is 157 Å². The summed E-state index contributed by atoms with van der Waals surface area (Å²) in [6.07, 6.45) is 2.25. The van der Waals surface area contributed by atoms with Crippen molar-refractivity contribution >= 4 is 0 Å². The fourth-order valence-electron chi connectivity index (χ4n) is 2.91. The van der Waals surface area contributed by atoms with E-state index in [1.165, 1.54) is 42.6 Å². The predicted molar refractivity (Wildman–Crippen MR) is 96.0 cm³/mol. The number of nitrogens with zero attached hydrogens (tertiary/aromatic N) is 3. The molecule has 0 atom stereocenters. The van der Waals surface area contributed by atoms with E-state index in [1.807, 2.05) is 0 Å². The van der Waals surface area contributed by atoms with Crippen LogP contribution in [0.3, 0.4) is 0 Å². The lowest BCUT2D eigenvalue weighted by Crippen LogP contribution is -1.98. The Bertz CT molecular complexity index is 1180. The molecular formula is C21H11F4N3. The van der Waals surface area contributed by atoms with Gasteiger partial charge in [0, 0.05) is 22.8 Å². The van der Waals surface area contributed by atoms with E-state index >= 15 is 0 Å². The molecule has 0 saturated heterocycles. The van der Waals surface area contributed by atoms with Crippen molar-refractivity contribution in [1.29, 1.82) is 0 Å². The van der Waals surface area contributed by atoms with E-state index in [0.29, 0.717) is 17.2 Å². The Morgan fingerprint density at radius 1 is 0.643 bits per heavy atom. The molecule has 0 spiro atoms. The lowest BCUT2D eigenvalue weighted by Gasteiger charge is -2.11. The van der Waals surface area contributed by atoms with Crippen LogP contribution in [0.5, 0.6) is 0 Å². The highest BCUT2D eigenvalue weighted by Gasteiger charge is 2.18. The molecule has 2 heterocycles. The molecule has 3 nitrogen and oxygen atoms in total. The molecule has 0 aliphatic heterocycles. The zero-order valence-corrected chi connectivity index (χ0v) is 14.2. The van der Waals surface area contributed by atoms with Gasteiger partial charge in [0.05, 0.1) is 12.4 Å². The number of hydrogen-bond acceptors (Lipinski definition) is 3. The van der Waals surface area contributed by atoms with Gasteiger partial charge >= 0.3 is 0 Å². The number of hydrogen-bond donors (Lipinski definition) is 0. The minimum Gasteiger partial charge on any atom is -0.248 e. The average molecular weight is 381 g/mol. The molecular weight excluding hydrogens is 370 g/mol. The Morgan fingerprint density at radius 3 is 2.21 bits per heavy atom. The van der Waals surface area contributed by atoms with Crippen molar-refractivity contribution in [3.63, 3.8) is 0 Å². The van der Waals surface area contributed by atoms with Gasteiger partial charge in [-0.05, 0) is 29.8 Å². The van der Waals surface area contributed by atoms with Gasteiger partial charge < -0.3 is 0 Å². The van der Waals surface area contributed by atoms with Crippen LogP contribution in [0.1, 0.15) is 0 Å². The van der Waals surface area contributed by atoms with Crippen molar-refractivity contribution in [1.82, 2.24) is 15.2 Å². The highest BCUT2D eigenvalue weighted by atomic mass is 19.1. The third-order valence-electron chi connectivity index (χ3n) is 4.19. The van der Waals surface area contributed by atoms with Crippen LogP contribution < -0.4 is 0 Å². The molecule has 4 rings (SSSR count). The fourth-order valence-corrected chi connectivity index (χ4v) is 2.91. The van der Waals surface area contributed by atoms with E-state index in [2.05, 4.69) is 15.2 Å². The molecule has 2 aromatic carbocycles. The van der Waals surface area contributed by atoms with E-state index in [0.717, 1.165) is 6.20 Å². The summed E-state index contributed by atoms with van der Waals surface area (Å²) < 4.78 is 55.9. The molecule has 0 aliphatic rings. The van der Waals surface area contributed by atoms with Crippen molar-refractivity contribution in [3.8, 4) is 33.6 Å². The molecule has 0 unspecified atom stereocenters. The third kappa shape index (κ3) is 3.22. The Morgan fingerprint density at radius 2 is 1.43 bits per heavy atom. The van der Waals surface area contributed by atoms with Gasteiger partial charge in [0.25, 0.3) is 0 Å². The van der Waals surface area contributed by atoms with E-state index in [9.17, 15) is 17.6 Å². The molecule has 0 fully saturated rings. The van der Waals surface area contributed by atoms with Gasteiger partial charge in [-0.1, -0.05) is 24.3 Å². The van der Waals surface area contributed by atoms with Crippen LogP contribution in [0.2, 0.25) is 0 Å². The van der Waals surface area contributed by atoms with E-state index in [1.54, 1.807) is 12.1 Å². The number of benzene rings is 2. The van der Waals surface area contributed by atoms with Crippen LogP contribution in [0.15, 0.2) is 67.0 Å². The quantitative estimate of drug-likeness (QED) is 0.444. The van der Waals surface area contributed by atoms with Crippen molar-refractivity contribution in [2.24, 2.45) is 0 Å². The Kier molecular flexibility index (Phi) is 4.57. The summed E-state index contributed by atoms with van der Waals surface area (Å²) in [5, 5.41) is 7.65. The van der Waals surface area contributed by atoms with Gasteiger partial charge in [0.1, 0.15) is 28.8 Å². The van der Waals surface area contributed by atoms with Crippen molar-refractivity contribution in [2.45, 2.75) is 0 Å². The molecule has 2 aromatic heterocycles. The Hall–Kier alpha value is -3.61. The summed E-state index contributed by atoms with van der Waals surface area (Å²) in [4.78, 5) is 3.76. The second-order valence-electron chi connectivity index (χ2n) is 5.95. The van der Waals surface area contributed by atoms with Crippen molar-refractivity contribution in [2.75, 3.05) is 0 Å². The molecule has 138 valence electrons. The highest BCUT2D eigenvalue weighted by Crippen LogP contribution is 2.34. The standard InChI is InChI=1S/C21H11F4N3/c22-13-10-19(25)21(26-11-13)20-14(7-8-27-28-20)12-5-6-18(24)16(9-12)15-3-1-2-4-17(15)23/h1-11H. The molecule has 0 N–H and O–H groups in total. The van der Waals surface area contributed by atoms with Gasteiger partial charge in [0.15, 0.2) is 5.82 Å². The molecule has 28 heavy (non-hydrogen) atoms. The first-order valence-electron chi connectivity index (χ1n) is 8.22. The predicted octanol–water partition coefficient (Wildman–Crippen LogP) is 5.43. The van der Waals surface area contributed by atoms with Crippen LogP contribution in [0.25, 0.3) is 33.6 Å². The largest absolute Gasteiger partial charge is 0.248 e. The molecule has 4 aromatic rings. The molecule has 0 bridgehead atoms. The van der Waals surface area contributed by atoms with Crippen LogP contribution in [0, 0.1) is 23.3 Å². The lowest BCUT2D eigenvalue weighted by atomic mass is 9.97. The monoisotopic (exact) mass is 381 g/mol. The first kappa shape index (κ1) is 17.8. The van der Waals surface area contributed by atoms with Crippen LogP contribution in [-0.4, -0.2) is 15.2 Å². The van der Waals surface area contributed by atoms with E-state index < -0.39 is 23.3 Å². The SMILES string of the molecule is Fc1cnc(-c2nnccc2-c2ccc(F)c(-c3ccccc3F)c2)c(F)c1. The first-order chi connectivity index (χ1) is 13.5. The topological polar surface area (TPSA) is 38.7 Å².